The lowest BCUT2D eigenvalue weighted by Crippen LogP contribution is -2.47. The molecule has 0 aliphatic rings. The summed E-state index contributed by atoms with van der Waals surface area (Å²) >= 11 is 0. The molecule has 0 amide bonds. The van der Waals surface area contributed by atoms with Crippen molar-refractivity contribution in [2.24, 2.45) is 0 Å². The highest BCUT2D eigenvalue weighted by atomic mass is 15.2. The smallest absolute Gasteiger partial charge is 0.0218 e. The fourth-order valence-electron chi connectivity index (χ4n) is 1.95. The van der Waals surface area contributed by atoms with Crippen LogP contribution in [0.15, 0.2) is 0 Å². The van der Waals surface area contributed by atoms with Gasteiger partial charge in [0.15, 0.2) is 0 Å². The Kier molecular flexibility index (Phi) is 9.12. The Hall–Kier alpha value is -0.0800. The molecular formula is C13H30N2. The summed E-state index contributed by atoms with van der Waals surface area (Å²) in [6.07, 6.45) is 3.73. The molecule has 92 valence electrons. The maximum atomic E-state index is 3.59. The molecular weight excluding hydrogens is 184 g/mol. The zero-order chi connectivity index (χ0) is 11.7. The molecule has 2 unspecified atom stereocenters. The monoisotopic (exact) mass is 214 g/mol. The SMILES string of the molecule is CCCNC(C)C(C)N(CCC)CCC. The van der Waals surface area contributed by atoms with E-state index in [0.717, 1.165) is 6.54 Å². The zero-order valence-electron chi connectivity index (χ0n) is 11.3. The minimum atomic E-state index is 0.600. The van der Waals surface area contributed by atoms with Gasteiger partial charge in [0, 0.05) is 12.1 Å². The van der Waals surface area contributed by atoms with Gasteiger partial charge in [0.1, 0.15) is 0 Å². The minimum absolute atomic E-state index is 0.600. The van der Waals surface area contributed by atoms with Gasteiger partial charge in [-0.2, -0.15) is 0 Å². The molecule has 2 heteroatoms. The molecule has 0 aromatic rings. The van der Waals surface area contributed by atoms with Crippen molar-refractivity contribution in [2.45, 2.75) is 66.0 Å². The van der Waals surface area contributed by atoms with Gasteiger partial charge in [0.25, 0.3) is 0 Å². The molecule has 0 aliphatic carbocycles. The van der Waals surface area contributed by atoms with Crippen LogP contribution >= 0.6 is 0 Å². The molecule has 15 heavy (non-hydrogen) atoms. The normalized spacial score (nSPS) is 15.6. The third-order valence-corrected chi connectivity index (χ3v) is 3.04. The summed E-state index contributed by atoms with van der Waals surface area (Å²) in [5.74, 6) is 0. The first-order chi connectivity index (χ1) is 7.17. The summed E-state index contributed by atoms with van der Waals surface area (Å²) in [5, 5.41) is 3.59. The molecule has 0 fully saturated rings. The first kappa shape index (κ1) is 14.9. The van der Waals surface area contributed by atoms with Gasteiger partial charge in [-0.1, -0.05) is 20.8 Å². The van der Waals surface area contributed by atoms with Crippen molar-refractivity contribution in [1.29, 1.82) is 0 Å². The highest BCUT2D eigenvalue weighted by molar-refractivity contribution is 4.77. The van der Waals surface area contributed by atoms with E-state index in [0.29, 0.717) is 12.1 Å². The van der Waals surface area contributed by atoms with Crippen LogP contribution in [0.2, 0.25) is 0 Å². The van der Waals surface area contributed by atoms with Crippen LogP contribution in [0, 0.1) is 0 Å². The molecule has 0 aromatic carbocycles. The van der Waals surface area contributed by atoms with Gasteiger partial charge in [-0.05, 0) is 52.7 Å². The Morgan fingerprint density at radius 3 is 1.87 bits per heavy atom. The second kappa shape index (κ2) is 9.17. The number of nitrogens with zero attached hydrogens (tertiary/aromatic N) is 1. The van der Waals surface area contributed by atoms with Crippen molar-refractivity contribution >= 4 is 0 Å². The van der Waals surface area contributed by atoms with Gasteiger partial charge in [-0.25, -0.2) is 0 Å². The van der Waals surface area contributed by atoms with Crippen molar-refractivity contribution in [3.63, 3.8) is 0 Å². The van der Waals surface area contributed by atoms with Crippen LogP contribution < -0.4 is 5.32 Å². The molecule has 0 aromatic heterocycles. The quantitative estimate of drug-likeness (QED) is 0.635. The minimum Gasteiger partial charge on any atom is -0.313 e. The molecule has 0 heterocycles. The highest BCUT2D eigenvalue weighted by Crippen LogP contribution is 2.06. The fourth-order valence-corrected chi connectivity index (χ4v) is 1.95. The maximum Gasteiger partial charge on any atom is 0.0218 e. The van der Waals surface area contributed by atoms with Crippen LogP contribution in [0.1, 0.15) is 53.9 Å². The van der Waals surface area contributed by atoms with E-state index in [2.05, 4.69) is 44.8 Å². The van der Waals surface area contributed by atoms with Gasteiger partial charge in [-0.15, -0.1) is 0 Å². The summed E-state index contributed by atoms with van der Waals surface area (Å²) in [6.45, 7) is 15.0. The lowest BCUT2D eigenvalue weighted by atomic mass is 10.1. The molecule has 0 rings (SSSR count). The van der Waals surface area contributed by atoms with E-state index in [4.69, 9.17) is 0 Å². The van der Waals surface area contributed by atoms with Crippen LogP contribution in [-0.2, 0) is 0 Å². The van der Waals surface area contributed by atoms with Crippen LogP contribution in [0.4, 0.5) is 0 Å². The predicted octanol–water partition coefficient (Wildman–Crippen LogP) is 2.89. The molecule has 2 nitrogen and oxygen atoms in total. The Morgan fingerprint density at radius 1 is 0.933 bits per heavy atom. The second-order valence-corrected chi connectivity index (χ2v) is 4.52. The summed E-state index contributed by atoms with van der Waals surface area (Å²) < 4.78 is 0. The predicted molar refractivity (Wildman–Crippen MR) is 69.4 cm³/mol. The molecule has 0 saturated carbocycles. The van der Waals surface area contributed by atoms with E-state index in [1.54, 1.807) is 0 Å². The molecule has 0 radical (unpaired) electrons. The molecule has 0 bridgehead atoms. The molecule has 0 aliphatic heterocycles. The van der Waals surface area contributed by atoms with Gasteiger partial charge in [0.05, 0.1) is 0 Å². The van der Waals surface area contributed by atoms with Gasteiger partial charge in [-0.3, -0.25) is 4.90 Å². The standard InChI is InChI=1S/C13H30N2/c1-6-9-14-12(4)13(5)15(10-7-2)11-8-3/h12-14H,6-11H2,1-5H3. The lowest BCUT2D eigenvalue weighted by molar-refractivity contribution is 0.175. The molecule has 0 spiro atoms. The summed E-state index contributed by atoms with van der Waals surface area (Å²) in [5.41, 5.74) is 0. The molecule has 2 atom stereocenters. The van der Waals surface area contributed by atoms with Crippen LogP contribution in [-0.4, -0.2) is 36.6 Å². The number of hydrogen-bond acceptors (Lipinski definition) is 2. The van der Waals surface area contributed by atoms with Crippen molar-refractivity contribution in [3.8, 4) is 0 Å². The Labute approximate surface area is 96.4 Å². The Bertz CT molecular complexity index is 130. The first-order valence-corrected chi connectivity index (χ1v) is 6.64. The Morgan fingerprint density at radius 2 is 1.47 bits per heavy atom. The van der Waals surface area contributed by atoms with E-state index in [9.17, 15) is 0 Å². The van der Waals surface area contributed by atoms with Crippen molar-refractivity contribution in [1.82, 2.24) is 10.2 Å². The van der Waals surface area contributed by atoms with Gasteiger partial charge >= 0.3 is 0 Å². The summed E-state index contributed by atoms with van der Waals surface area (Å²) in [4.78, 5) is 2.60. The third-order valence-electron chi connectivity index (χ3n) is 3.04. The molecule has 1 N–H and O–H groups in total. The van der Waals surface area contributed by atoms with E-state index in [1.807, 2.05) is 0 Å². The number of rotatable bonds is 9. The van der Waals surface area contributed by atoms with Crippen molar-refractivity contribution < 1.29 is 0 Å². The average Bonchev–Trinajstić information content (AvgIpc) is 2.24. The lowest BCUT2D eigenvalue weighted by Gasteiger charge is -2.33. The van der Waals surface area contributed by atoms with E-state index >= 15 is 0 Å². The molecule has 0 saturated heterocycles. The summed E-state index contributed by atoms with van der Waals surface area (Å²) in [6, 6.07) is 1.25. The van der Waals surface area contributed by atoms with Gasteiger partial charge < -0.3 is 5.32 Å². The van der Waals surface area contributed by atoms with Gasteiger partial charge in [0.2, 0.25) is 0 Å². The fraction of sp³-hybridized carbons (Fsp3) is 1.00. The topological polar surface area (TPSA) is 15.3 Å². The van der Waals surface area contributed by atoms with Crippen LogP contribution in [0.3, 0.4) is 0 Å². The second-order valence-electron chi connectivity index (χ2n) is 4.52. The number of nitrogens with one attached hydrogen (secondary N) is 1. The van der Waals surface area contributed by atoms with E-state index in [-0.39, 0.29) is 0 Å². The first-order valence-electron chi connectivity index (χ1n) is 6.64. The van der Waals surface area contributed by atoms with Crippen LogP contribution in [0.25, 0.3) is 0 Å². The van der Waals surface area contributed by atoms with E-state index in [1.165, 1.54) is 32.4 Å². The third kappa shape index (κ3) is 6.16. The highest BCUT2D eigenvalue weighted by Gasteiger charge is 2.17. The summed E-state index contributed by atoms with van der Waals surface area (Å²) in [7, 11) is 0. The van der Waals surface area contributed by atoms with Crippen LogP contribution in [0.5, 0.6) is 0 Å². The maximum absolute atomic E-state index is 3.59. The number of hydrogen-bond donors (Lipinski definition) is 1. The Balaban J connectivity index is 4.02. The van der Waals surface area contributed by atoms with Crippen molar-refractivity contribution in [2.75, 3.05) is 19.6 Å². The largest absolute Gasteiger partial charge is 0.313 e. The zero-order valence-corrected chi connectivity index (χ0v) is 11.3. The average molecular weight is 214 g/mol. The van der Waals surface area contributed by atoms with Crippen molar-refractivity contribution in [3.05, 3.63) is 0 Å². The van der Waals surface area contributed by atoms with E-state index < -0.39 is 0 Å².